The summed E-state index contributed by atoms with van der Waals surface area (Å²) >= 11 is 9.36. The fraction of sp³-hybridized carbons (Fsp3) is 0. The number of rotatable bonds is 3. The quantitative estimate of drug-likeness (QED) is 0.734. The van der Waals surface area contributed by atoms with Crippen molar-refractivity contribution in [3.8, 4) is 0 Å². The average Bonchev–Trinajstić information content (AvgIpc) is 2.37. The van der Waals surface area contributed by atoms with Crippen molar-refractivity contribution in [2.45, 2.75) is 0 Å². The van der Waals surface area contributed by atoms with Gasteiger partial charge in [0.15, 0.2) is 0 Å². The van der Waals surface area contributed by atoms with E-state index in [9.17, 15) is 4.79 Å². The Kier molecular flexibility index (Phi) is 3.97. The summed E-state index contributed by atoms with van der Waals surface area (Å²) in [6.07, 6.45) is 0. The largest absolute Gasteiger partial charge is 0.478 e. The first-order valence-electron chi connectivity index (χ1n) is 5.33. The van der Waals surface area contributed by atoms with Crippen LogP contribution in [0.25, 0.3) is 0 Å². The van der Waals surface area contributed by atoms with Crippen molar-refractivity contribution in [3.05, 3.63) is 51.5 Å². The predicted molar refractivity (Wildman–Crippen MR) is 80.2 cm³/mol. The van der Waals surface area contributed by atoms with Crippen LogP contribution in [0.1, 0.15) is 10.4 Å². The third-order valence-electron chi connectivity index (χ3n) is 2.52. The van der Waals surface area contributed by atoms with Crippen LogP contribution in [-0.2, 0) is 0 Å². The molecule has 2 aromatic carbocycles. The van der Waals surface area contributed by atoms with Crippen molar-refractivity contribution >= 4 is 50.6 Å². The lowest BCUT2D eigenvalue weighted by Crippen LogP contribution is -2.01. The monoisotopic (exact) mass is 340 g/mol. The van der Waals surface area contributed by atoms with E-state index in [4.69, 9.17) is 22.4 Å². The van der Waals surface area contributed by atoms with Gasteiger partial charge in [0.1, 0.15) is 0 Å². The zero-order valence-corrected chi connectivity index (χ0v) is 12.0. The molecule has 0 heterocycles. The van der Waals surface area contributed by atoms with Gasteiger partial charge in [0.25, 0.3) is 0 Å². The molecule has 98 valence electrons. The van der Waals surface area contributed by atoms with E-state index in [1.807, 2.05) is 6.07 Å². The molecule has 0 aromatic heterocycles. The second-order valence-corrected chi connectivity index (χ2v) is 5.03. The molecule has 0 saturated carbocycles. The van der Waals surface area contributed by atoms with Crippen LogP contribution in [0.5, 0.6) is 0 Å². The normalized spacial score (nSPS) is 10.2. The molecule has 6 heteroatoms. The number of nitrogens with two attached hydrogens (primary N) is 1. The van der Waals surface area contributed by atoms with Gasteiger partial charge in [-0.1, -0.05) is 17.7 Å². The highest BCUT2D eigenvalue weighted by Crippen LogP contribution is 2.33. The van der Waals surface area contributed by atoms with E-state index in [0.717, 1.165) is 10.2 Å². The highest BCUT2D eigenvalue weighted by atomic mass is 79.9. The van der Waals surface area contributed by atoms with Gasteiger partial charge in [0.2, 0.25) is 0 Å². The van der Waals surface area contributed by atoms with Gasteiger partial charge in [-0.15, -0.1) is 0 Å². The number of anilines is 3. The van der Waals surface area contributed by atoms with Gasteiger partial charge in [-0.25, -0.2) is 4.79 Å². The van der Waals surface area contributed by atoms with Crippen molar-refractivity contribution in [2.24, 2.45) is 0 Å². The van der Waals surface area contributed by atoms with E-state index in [2.05, 4.69) is 21.2 Å². The maximum Gasteiger partial charge on any atom is 0.335 e. The Hall–Kier alpha value is -1.72. The van der Waals surface area contributed by atoms with Crippen molar-refractivity contribution in [3.63, 3.8) is 0 Å². The van der Waals surface area contributed by atoms with Crippen LogP contribution in [0, 0.1) is 0 Å². The number of benzene rings is 2. The molecule has 0 aliphatic carbocycles. The number of carboxylic acids is 1. The highest BCUT2D eigenvalue weighted by Gasteiger charge is 2.08. The number of nitrogens with one attached hydrogen (secondary N) is 1. The number of hydrogen-bond donors (Lipinski definition) is 3. The molecule has 0 atom stereocenters. The smallest absolute Gasteiger partial charge is 0.335 e. The minimum atomic E-state index is -1.01. The maximum atomic E-state index is 10.8. The Morgan fingerprint density at radius 1 is 1.26 bits per heavy atom. The SMILES string of the molecule is Nc1cc(C(=O)O)ccc1Nc1cccc(Cl)c1Br. The number of carboxylic acid groups (broad SMARTS) is 1. The van der Waals surface area contributed by atoms with Crippen LogP contribution in [0.15, 0.2) is 40.9 Å². The van der Waals surface area contributed by atoms with Crippen molar-refractivity contribution < 1.29 is 9.90 Å². The molecule has 0 radical (unpaired) electrons. The molecule has 0 unspecified atom stereocenters. The van der Waals surface area contributed by atoms with Crippen LogP contribution >= 0.6 is 27.5 Å². The summed E-state index contributed by atoms with van der Waals surface area (Å²) in [5, 5.41) is 12.5. The Labute approximate surface area is 123 Å². The molecular weight excluding hydrogens is 332 g/mol. The number of halogens is 2. The average molecular weight is 342 g/mol. The highest BCUT2D eigenvalue weighted by molar-refractivity contribution is 9.10. The van der Waals surface area contributed by atoms with Crippen LogP contribution in [-0.4, -0.2) is 11.1 Å². The number of hydrogen-bond acceptors (Lipinski definition) is 3. The molecule has 2 aromatic rings. The molecule has 4 nitrogen and oxygen atoms in total. The van der Waals surface area contributed by atoms with Crippen molar-refractivity contribution in [1.82, 2.24) is 0 Å². The number of nitrogen functional groups attached to an aromatic ring is 1. The van der Waals surface area contributed by atoms with E-state index in [1.165, 1.54) is 12.1 Å². The Morgan fingerprint density at radius 3 is 2.63 bits per heavy atom. The lowest BCUT2D eigenvalue weighted by atomic mass is 10.1. The van der Waals surface area contributed by atoms with Gasteiger partial charge >= 0.3 is 5.97 Å². The molecule has 0 aliphatic rings. The zero-order valence-electron chi connectivity index (χ0n) is 9.65. The van der Waals surface area contributed by atoms with Gasteiger partial charge in [-0.2, -0.15) is 0 Å². The predicted octanol–water partition coefficient (Wildman–Crippen LogP) is 4.13. The molecule has 0 saturated heterocycles. The van der Waals surface area contributed by atoms with Crippen molar-refractivity contribution in [1.29, 1.82) is 0 Å². The van der Waals surface area contributed by atoms with Crippen LogP contribution in [0.4, 0.5) is 17.1 Å². The molecule has 0 amide bonds. The Morgan fingerprint density at radius 2 is 2.00 bits per heavy atom. The minimum absolute atomic E-state index is 0.146. The third kappa shape index (κ3) is 3.00. The Balaban J connectivity index is 2.34. The molecule has 2 rings (SSSR count). The summed E-state index contributed by atoms with van der Waals surface area (Å²) in [4.78, 5) is 10.8. The van der Waals surface area contributed by atoms with Gasteiger partial charge < -0.3 is 16.2 Å². The second-order valence-electron chi connectivity index (χ2n) is 3.83. The molecular formula is C13H10BrClN2O2. The minimum Gasteiger partial charge on any atom is -0.478 e. The topological polar surface area (TPSA) is 75.4 Å². The van der Waals surface area contributed by atoms with E-state index >= 15 is 0 Å². The summed E-state index contributed by atoms with van der Waals surface area (Å²) in [6, 6.07) is 9.90. The van der Waals surface area contributed by atoms with E-state index in [1.54, 1.807) is 18.2 Å². The number of aromatic carboxylic acids is 1. The first kappa shape index (κ1) is 13.7. The standard InChI is InChI=1S/C13H10BrClN2O2/c14-12-8(15)2-1-3-11(12)17-10-5-4-7(13(18)19)6-9(10)16/h1-6,17H,16H2,(H,18,19). The summed E-state index contributed by atoms with van der Waals surface area (Å²) < 4.78 is 0.721. The first-order chi connectivity index (χ1) is 8.99. The molecule has 4 N–H and O–H groups in total. The van der Waals surface area contributed by atoms with Crippen LogP contribution in [0.2, 0.25) is 5.02 Å². The summed E-state index contributed by atoms with van der Waals surface area (Å²) in [7, 11) is 0. The first-order valence-corrected chi connectivity index (χ1v) is 6.50. The maximum absolute atomic E-state index is 10.8. The molecule has 19 heavy (non-hydrogen) atoms. The van der Waals surface area contributed by atoms with Gasteiger partial charge in [-0.05, 0) is 46.3 Å². The van der Waals surface area contributed by atoms with Crippen LogP contribution in [0.3, 0.4) is 0 Å². The Bertz CT molecular complexity index is 647. The van der Waals surface area contributed by atoms with Gasteiger partial charge in [-0.3, -0.25) is 0 Å². The van der Waals surface area contributed by atoms with Crippen LogP contribution < -0.4 is 11.1 Å². The molecule has 0 aliphatic heterocycles. The van der Waals surface area contributed by atoms with E-state index in [-0.39, 0.29) is 5.56 Å². The summed E-state index contributed by atoms with van der Waals surface area (Å²) in [6.45, 7) is 0. The third-order valence-corrected chi connectivity index (χ3v) is 3.92. The summed E-state index contributed by atoms with van der Waals surface area (Å²) in [5.41, 5.74) is 7.69. The van der Waals surface area contributed by atoms with E-state index in [0.29, 0.717) is 16.4 Å². The summed E-state index contributed by atoms with van der Waals surface area (Å²) in [5.74, 6) is -1.01. The van der Waals surface area contributed by atoms with Gasteiger partial charge in [0, 0.05) is 0 Å². The fourth-order valence-electron chi connectivity index (χ4n) is 1.56. The van der Waals surface area contributed by atoms with Crippen molar-refractivity contribution in [2.75, 3.05) is 11.1 Å². The second kappa shape index (κ2) is 5.50. The van der Waals surface area contributed by atoms with E-state index < -0.39 is 5.97 Å². The fourth-order valence-corrected chi connectivity index (χ4v) is 2.09. The molecule has 0 spiro atoms. The lowest BCUT2D eigenvalue weighted by Gasteiger charge is -2.12. The lowest BCUT2D eigenvalue weighted by molar-refractivity contribution is 0.0697. The zero-order chi connectivity index (χ0) is 14.0. The van der Waals surface area contributed by atoms with Gasteiger partial charge in [0.05, 0.1) is 32.1 Å². The molecule has 0 bridgehead atoms. The molecule has 0 fully saturated rings. The number of carbonyl (C=O) groups is 1.